The molecule has 0 heterocycles. The first-order chi connectivity index (χ1) is 7.47. The third-order valence-electron chi connectivity index (χ3n) is 2.51. The summed E-state index contributed by atoms with van der Waals surface area (Å²) >= 11 is 5.97. The van der Waals surface area contributed by atoms with Gasteiger partial charge in [0, 0.05) is 17.1 Å². The van der Waals surface area contributed by atoms with E-state index in [1.165, 1.54) is 0 Å². The minimum Gasteiger partial charge on any atom is -0.507 e. The summed E-state index contributed by atoms with van der Waals surface area (Å²) in [7, 11) is 1.74. The monoisotopic (exact) mass is 243 g/mol. The van der Waals surface area contributed by atoms with E-state index in [1.807, 2.05) is 13.8 Å². The summed E-state index contributed by atoms with van der Waals surface area (Å²) < 4.78 is 0. The third kappa shape index (κ3) is 2.88. The van der Waals surface area contributed by atoms with Crippen LogP contribution >= 0.6 is 11.6 Å². The third-order valence-corrected chi connectivity index (χ3v) is 2.73. The molecular weight excluding hydrogens is 226 g/mol. The van der Waals surface area contributed by atoms with Gasteiger partial charge in [-0.15, -0.1) is 0 Å². The van der Waals surface area contributed by atoms with Crippen LogP contribution in [0.2, 0.25) is 5.02 Å². The van der Waals surface area contributed by atoms with Crippen LogP contribution < -0.4 is 5.32 Å². The number of aliphatic hydroxyl groups excluding tert-OH is 1. The van der Waals surface area contributed by atoms with Crippen molar-refractivity contribution in [3.63, 3.8) is 0 Å². The van der Waals surface area contributed by atoms with E-state index in [1.54, 1.807) is 19.2 Å². The molecule has 0 aliphatic heterocycles. The molecule has 3 nitrogen and oxygen atoms in total. The van der Waals surface area contributed by atoms with E-state index in [9.17, 15) is 10.2 Å². The van der Waals surface area contributed by atoms with Crippen LogP contribution in [0.5, 0.6) is 5.75 Å². The first kappa shape index (κ1) is 13.3. The van der Waals surface area contributed by atoms with Gasteiger partial charge in [0.15, 0.2) is 0 Å². The Bertz CT molecular complexity index is 366. The number of aromatic hydroxyl groups is 1. The normalized spacial score (nSPS) is 13.1. The second-order valence-electron chi connectivity index (χ2n) is 4.16. The van der Waals surface area contributed by atoms with Crippen molar-refractivity contribution < 1.29 is 10.2 Å². The van der Waals surface area contributed by atoms with Gasteiger partial charge in [0.25, 0.3) is 0 Å². The molecule has 90 valence electrons. The van der Waals surface area contributed by atoms with Gasteiger partial charge in [0.2, 0.25) is 0 Å². The lowest BCUT2D eigenvalue weighted by Gasteiger charge is -2.17. The molecule has 0 aliphatic rings. The highest BCUT2D eigenvalue weighted by Gasteiger charge is 2.17. The topological polar surface area (TPSA) is 52.5 Å². The van der Waals surface area contributed by atoms with E-state index in [0.29, 0.717) is 17.1 Å². The molecule has 0 amide bonds. The molecule has 1 aromatic carbocycles. The Balaban J connectivity index is 3.18. The van der Waals surface area contributed by atoms with Crippen molar-refractivity contribution in [1.82, 2.24) is 5.32 Å². The quantitative estimate of drug-likeness (QED) is 0.761. The molecule has 1 rings (SSSR count). The number of phenolic OH excluding ortho intramolecular Hbond substituents is 1. The number of nitrogens with one attached hydrogen (secondary N) is 1. The minimum atomic E-state index is -0.749. The maximum Gasteiger partial charge on any atom is 0.124 e. The van der Waals surface area contributed by atoms with Crippen LogP contribution in [0.25, 0.3) is 0 Å². The van der Waals surface area contributed by atoms with Crippen molar-refractivity contribution in [1.29, 1.82) is 0 Å². The number of hydrogen-bond donors (Lipinski definition) is 3. The van der Waals surface area contributed by atoms with Crippen LogP contribution in [-0.4, -0.2) is 23.8 Å². The molecule has 0 saturated heterocycles. The molecule has 0 bridgehead atoms. The van der Waals surface area contributed by atoms with Crippen molar-refractivity contribution in [3.05, 3.63) is 28.3 Å². The first-order valence-corrected chi connectivity index (χ1v) is 5.70. The highest BCUT2D eigenvalue weighted by atomic mass is 35.5. The Kier molecular flexibility index (Phi) is 4.59. The van der Waals surface area contributed by atoms with E-state index in [-0.39, 0.29) is 11.7 Å². The van der Waals surface area contributed by atoms with E-state index in [4.69, 9.17) is 11.6 Å². The zero-order valence-corrected chi connectivity index (χ0v) is 10.5. The van der Waals surface area contributed by atoms with Gasteiger partial charge < -0.3 is 15.5 Å². The summed E-state index contributed by atoms with van der Waals surface area (Å²) in [5.41, 5.74) is 1.24. The molecule has 4 heteroatoms. The molecule has 0 aliphatic carbocycles. The minimum absolute atomic E-state index is 0.141. The average Bonchev–Trinajstić information content (AvgIpc) is 2.20. The number of aliphatic hydroxyl groups is 1. The van der Waals surface area contributed by atoms with E-state index in [0.717, 1.165) is 5.56 Å². The van der Waals surface area contributed by atoms with Gasteiger partial charge in [-0.1, -0.05) is 25.4 Å². The molecule has 1 atom stereocenters. The first-order valence-electron chi connectivity index (χ1n) is 5.32. The van der Waals surface area contributed by atoms with Crippen LogP contribution in [0.3, 0.4) is 0 Å². The summed E-state index contributed by atoms with van der Waals surface area (Å²) in [6, 6.07) is 3.34. The predicted octanol–water partition coefficient (Wildman–Crippen LogP) is 2.42. The van der Waals surface area contributed by atoms with Crippen LogP contribution in [0, 0.1) is 0 Å². The molecule has 0 aromatic heterocycles. The summed E-state index contributed by atoms with van der Waals surface area (Å²) in [6.45, 7) is 4.32. The Morgan fingerprint density at radius 1 is 1.31 bits per heavy atom. The lowest BCUT2D eigenvalue weighted by molar-refractivity contribution is 0.173. The summed E-state index contributed by atoms with van der Waals surface area (Å²) in [5, 5.41) is 23.3. The molecule has 0 fully saturated rings. The number of rotatable bonds is 4. The van der Waals surface area contributed by atoms with Crippen molar-refractivity contribution in [2.24, 2.45) is 0 Å². The smallest absolute Gasteiger partial charge is 0.124 e. The fourth-order valence-electron chi connectivity index (χ4n) is 1.64. The molecule has 1 aromatic rings. The molecule has 0 radical (unpaired) electrons. The van der Waals surface area contributed by atoms with Gasteiger partial charge >= 0.3 is 0 Å². The number of phenols is 1. The predicted molar refractivity (Wildman–Crippen MR) is 66.1 cm³/mol. The zero-order chi connectivity index (χ0) is 12.3. The second kappa shape index (κ2) is 5.53. The van der Waals surface area contributed by atoms with Crippen molar-refractivity contribution in [3.8, 4) is 5.75 Å². The van der Waals surface area contributed by atoms with Crippen LogP contribution in [0.15, 0.2) is 12.1 Å². The van der Waals surface area contributed by atoms with Crippen molar-refractivity contribution in [2.75, 3.05) is 13.6 Å². The average molecular weight is 244 g/mol. The summed E-state index contributed by atoms with van der Waals surface area (Å²) in [5.74, 6) is 0.307. The maximum absolute atomic E-state index is 10.0. The van der Waals surface area contributed by atoms with Gasteiger partial charge in [-0.25, -0.2) is 0 Å². The van der Waals surface area contributed by atoms with Crippen molar-refractivity contribution >= 4 is 11.6 Å². The molecule has 1 unspecified atom stereocenters. The molecule has 0 saturated carbocycles. The SMILES string of the molecule is CNCC(O)c1cc(Cl)cc(C(C)C)c1O. The number of likely N-dealkylation sites (N-methyl/N-ethyl adjacent to an activating group) is 1. The zero-order valence-electron chi connectivity index (χ0n) is 9.79. The Morgan fingerprint density at radius 2 is 1.88 bits per heavy atom. The van der Waals surface area contributed by atoms with Gasteiger partial charge in [-0.3, -0.25) is 0 Å². The van der Waals surface area contributed by atoms with Crippen molar-refractivity contribution in [2.45, 2.75) is 25.9 Å². The fraction of sp³-hybridized carbons (Fsp3) is 0.500. The lowest BCUT2D eigenvalue weighted by atomic mass is 9.97. The van der Waals surface area contributed by atoms with Gasteiger partial charge in [0.05, 0.1) is 6.10 Å². The Labute approximate surface area is 101 Å². The van der Waals surface area contributed by atoms with Crippen LogP contribution in [0.1, 0.15) is 37.0 Å². The van der Waals surface area contributed by atoms with E-state index < -0.39 is 6.10 Å². The summed E-state index contributed by atoms with van der Waals surface area (Å²) in [4.78, 5) is 0. The van der Waals surface area contributed by atoms with Crippen LogP contribution in [0.4, 0.5) is 0 Å². The van der Waals surface area contributed by atoms with Gasteiger partial charge in [-0.05, 0) is 30.7 Å². The van der Waals surface area contributed by atoms with E-state index in [2.05, 4.69) is 5.32 Å². The fourth-order valence-corrected chi connectivity index (χ4v) is 1.87. The second-order valence-corrected chi connectivity index (χ2v) is 4.60. The molecular formula is C12H18ClNO2. The van der Waals surface area contributed by atoms with Gasteiger partial charge in [-0.2, -0.15) is 0 Å². The van der Waals surface area contributed by atoms with E-state index >= 15 is 0 Å². The number of halogens is 1. The molecule has 0 spiro atoms. The lowest BCUT2D eigenvalue weighted by Crippen LogP contribution is -2.17. The number of hydrogen-bond acceptors (Lipinski definition) is 3. The standard InChI is InChI=1S/C12H18ClNO2/c1-7(2)9-4-8(13)5-10(12(9)16)11(15)6-14-3/h4-5,7,11,14-16H,6H2,1-3H3. The highest BCUT2D eigenvalue weighted by molar-refractivity contribution is 6.30. The van der Waals surface area contributed by atoms with Crippen LogP contribution in [-0.2, 0) is 0 Å². The molecule has 16 heavy (non-hydrogen) atoms. The Hall–Kier alpha value is -0.770. The highest BCUT2D eigenvalue weighted by Crippen LogP contribution is 2.35. The summed E-state index contributed by atoms with van der Waals surface area (Å²) in [6.07, 6.45) is -0.749. The Morgan fingerprint density at radius 3 is 2.38 bits per heavy atom. The maximum atomic E-state index is 10.0. The van der Waals surface area contributed by atoms with Gasteiger partial charge in [0.1, 0.15) is 5.75 Å². The molecule has 3 N–H and O–H groups in total. The largest absolute Gasteiger partial charge is 0.507 e. The number of benzene rings is 1.